The van der Waals surface area contributed by atoms with Gasteiger partial charge in [-0.2, -0.15) is 5.10 Å². The SMILES string of the molecule is O=C(N/N=C/c1cc(Br)c(N2CCCC2)o1)Nc1ccc(F)cc1. The summed E-state index contributed by atoms with van der Waals surface area (Å²) in [5, 5.41) is 6.38. The molecule has 0 spiro atoms. The Kier molecular flexibility index (Phi) is 5.14. The van der Waals surface area contributed by atoms with E-state index in [9.17, 15) is 9.18 Å². The van der Waals surface area contributed by atoms with Crippen LogP contribution in [-0.4, -0.2) is 25.3 Å². The van der Waals surface area contributed by atoms with Gasteiger partial charge in [-0.05, 0) is 53.0 Å². The Balaban J connectivity index is 1.55. The lowest BCUT2D eigenvalue weighted by Crippen LogP contribution is -2.24. The first-order chi connectivity index (χ1) is 11.6. The molecule has 126 valence electrons. The normalized spacial score (nSPS) is 14.3. The minimum atomic E-state index is -0.525. The predicted octanol–water partition coefficient (Wildman–Crippen LogP) is 3.94. The molecule has 0 unspecified atom stereocenters. The van der Waals surface area contributed by atoms with Gasteiger partial charge in [0.1, 0.15) is 5.82 Å². The maximum Gasteiger partial charge on any atom is 0.339 e. The van der Waals surface area contributed by atoms with Gasteiger partial charge in [0.2, 0.25) is 5.88 Å². The van der Waals surface area contributed by atoms with Crippen LogP contribution in [0.15, 0.2) is 44.3 Å². The van der Waals surface area contributed by atoms with Crippen LogP contribution in [-0.2, 0) is 0 Å². The van der Waals surface area contributed by atoms with Crippen molar-refractivity contribution in [1.29, 1.82) is 0 Å². The number of urea groups is 1. The van der Waals surface area contributed by atoms with Crippen LogP contribution in [0.4, 0.5) is 20.8 Å². The number of amides is 2. The van der Waals surface area contributed by atoms with Crippen LogP contribution in [0.1, 0.15) is 18.6 Å². The Labute approximate surface area is 146 Å². The van der Waals surface area contributed by atoms with Gasteiger partial charge in [-0.15, -0.1) is 0 Å². The van der Waals surface area contributed by atoms with Crippen molar-refractivity contribution in [2.45, 2.75) is 12.8 Å². The van der Waals surface area contributed by atoms with Gasteiger partial charge in [-0.3, -0.25) is 0 Å². The first kappa shape index (κ1) is 16.5. The smallest absolute Gasteiger partial charge is 0.339 e. The van der Waals surface area contributed by atoms with Crippen molar-refractivity contribution in [3.63, 3.8) is 0 Å². The monoisotopic (exact) mass is 394 g/mol. The maximum absolute atomic E-state index is 12.8. The fourth-order valence-electron chi connectivity index (χ4n) is 2.42. The molecule has 2 aromatic rings. The molecule has 1 aliphatic rings. The Morgan fingerprint density at radius 2 is 2.00 bits per heavy atom. The summed E-state index contributed by atoms with van der Waals surface area (Å²) in [6.07, 6.45) is 3.73. The van der Waals surface area contributed by atoms with E-state index in [2.05, 4.69) is 36.7 Å². The Morgan fingerprint density at radius 3 is 2.71 bits per heavy atom. The summed E-state index contributed by atoms with van der Waals surface area (Å²) >= 11 is 3.47. The molecule has 0 radical (unpaired) electrons. The van der Waals surface area contributed by atoms with E-state index in [4.69, 9.17) is 4.42 Å². The molecule has 2 N–H and O–H groups in total. The quantitative estimate of drug-likeness (QED) is 0.609. The van der Waals surface area contributed by atoms with Crippen LogP contribution < -0.4 is 15.6 Å². The average Bonchev–Trinajstić information content (AvgIpc) is 3.19. The second kappa shape index (κ2) is 7.48. The van der Waals surface area contributed by atoms with Crippen LogP contribution in [0, 0.1) is 5.82 Å². The number of carbonyl (C=O) groups is 1. The number of benzene rings is 1. The number of hydrogen-bond donors (Lipinski definition) is 2. The van der Waals surface area contributed by atoms with Crippen molar-refractivity contribution in [3.8, 4) is 0 Å². The molecule has 1 aromatic heterocycles. The van der Waals surface area contributed by atoms with E-state index >= 15 is 0 Å². The summed E-state index contributed by atoms with van der Waals surface area (Å²) in [4.78, 5) is 13.9. The minimum Gasteiger partial charge on any atom is -0.438 e. The molecular weight excluding hydrogens is 379 g/mol. The molecule has 0 bridgehead atoms. The van der Waals surface area contributed by atoms with Gasteiger partial charge in [0.05, 0.1) is 10.7 Å². The number of nitrogens with zero attached hydrogens (tertiary/aromatic N) is 2. The highest BCUT2D eigenvalue weighted by Gasteiger charge is 2.19. The van der Waals surface area contributed by atoms with Crippen LogP contribution >= 0.6 is 15.9 Å². The fourth-order valence-corrected chi connectivity index (χ4v) is 2.98. The molecule has 0 atom stereocenters. The second-order valence-corrected chi connectivity index (χ2v) is 6.18. The van der Waals surface area contributed by atoms with Crippen molar-refractivity contribution < 1.29 is 13.6 Å². The molecule has 1 saturated heterocycles. The van der Waals surface area contributed by atoms with Crippen molar-refractivity contribution >= 4 is 39.7 Å². The lowest BCUT2D eigenvalue weighted by atomic mass is 10.3. The summed E-state index contributed by atoms with van der Waals surface area (Å²) < 4.78 is 19.4. The van der Waals surface area contributed by atoms with Gasteiger partial charge in [0.15, 0.2) is 5.76 Å². The van der Waals surface area contributed by atoms with Gasteiger partial charge in [-0.1, -0.05) is 0 Å². The van der Waals surface area contributed by atoms with Crippen molar-refractivity contribution in [3.05, 3.63) is 46.4 Å². The first-order valence-corrected chi connectivity index (χ1v) is 8.31. The molecule has 1 fully saturated rings. The first-order valence-electron chi connectivity index (χ1n) is 7.52. The van der Waals surface area contributed by atoms with Gasteiger partial charge in [0.25, 0.3) is 0 Å². The van der Waals surface area contributed by atoms with Gasteiger partial charge in [0, 0.05) is 24.8 Å². The van der Waals surface area contributed by atoms with Crippen LogP contribution in [0.2, 0.25) is 0 Å². The molecule has 0 saturated carbocycles. The van der Waals surface area contributed by atoms with Crippen molar-refractivity contribution in [2.75, 3.05) is 23.3 Å². The summed E-state index contributed by atoms with van der Waals surface area (Å²) in [5.41, 5.74) is 2.80. The molecule has 2 heterocycles. The van der Waals surface area contributed by atoms with E-state index in [1.54, 1.807) is 6.07 Å². The number of halogens is 2. The number of furan rings is 1. The van der Waals surface area contributed by atoms with Gasteiger partial charge in [-0.25, -0.2) is 14.6 Å². The molecule has 6 nitrogen and oxygen atoms in total. The van der Waals surface area contributed by atoms with E-state index in [1.807, 2.05) is 0 Å². The zero-order valence-electron chi connectivity index (χ0n) is 12.8. The van der Waals surface area contributed by atoms with E-state index in [0.717, 1.165) is 36.3 Å². The minimum absolute atomic E-state index is 0.365. The molecular formula is C16H16BrFN4O2. The largest absolute Gasteiger partial charge is 0.438 e. The van der Waals surface area contributed by atoms with Gasteiger partial charge >= 0.3 is 6.03 Å². The Hall–Kier alpha value is -2.35. The highest BCUT2D eigenvalue weighted by molar-refractivity contribution is 9.10. The third kappa shape index (κ3) is 4.14. The summed E-state index contributed by atoms with van der Waals surface area (Å²) in [7, 11) is 0. The van der Waals surface area contributed by atoms with Crippen LogP contribution in [0.25, 0.3) is 0 Å². The van der Waals surface area contributed by atoms with E-state index in [1.165, 1.54) is 30.5 Å². The second-order valence-electron chi connectivity index (χ2n) is 5.33. The molecule has 24 heavy (non-hydrogen) atoms. The van der Waals surface area contributed by atoms with E-state index in [-0.39, 0.29) is 5.82 Å². The third-order valence-electron chi connectivity index (χ3n) is 3.54. The topological polar surface area (TPSA) is 69.9 Å². The highest BCUT2D eigenvalue weighted by Crippen LogP contribution is 2.31. The van der Waals surface area contributed by atoms with Crippen molar-refractivity contribution in [2.24, 2.45) is 5.10 Å². The zero-order chi connectivity index (χ0) is 16.9. The highest BCUT2D eigenvalue weighted by atomic mass is 79.9. The fraction of sp³-hybridized carbons (Fsp3) is 0.250. The maximum atomic E-state index is 12.8. The van der Waals surface area contributed by atoms with Crippen LogP contribution in [0.3, 0.4) is 0 Å². The number of carbonyl (C=O) groups excluding carboxylic acids is 1. The lowest BCUT2D eigenvalue weighted by molar-refractivity contribution is 0.252. The third-order valence-corrected chi connectivity index (χ3v) is 4.11. The molecule has 8 heteroatoms. The summed E-state index contributed by atoms with van der Waals surface area (Å²) in [6, 6.07) is 6.73. The molecule has 1 aromatic carbocycles. The zero-order valence-corrected chi connectivity index (χ0v) is 14.3. The number of rotatable bonds is 4. The van der Waals surface area contributed by atoms with Crippen LogP contribution in [0.5, 0.6) is 0 Å². The molecule has 3 rings (SSSR count). The molecule has 0 aliphatic carbocycles. The van der Waals surface area contributed by atoms with Crippen molar-refractivity contribution in [1.82, 2.24) is 5.43 Å². The molecule has 2 amide bonds. The molecule has 1 aliphatic heterocycles. The summed E-state index contributed by atoms with van der Waals surface area (Å²) in [6.45, 7) is 1.95. The van der Waals surface area contributed by atoms with Gasteiger partial charge < -0.3 is 14.6 Å². The Morgan fingerprint density at radius 1 is 1.29 bits per heavy atom. The van der Waals surface area contributed by atoms with E-state index < -0.39 is 6.03 Å². The number of nitrogens with one attached hydrogen (secondary N) is 2. The lowest BCUT2D eigenvalue weighted by Gasteiger charge is -2.13. The summed E-state index contributed by atoms with van der Waals surface area (Å²) in [5.74, 6) is 0.951. The predicted molar refractivity (Wildman–Crippen MR) is 94.0 cm³/mol. The standard InChI is InChI=1S/C16H16BrFN4O2/c17-14-9-13(24-15(14)22-7-1-2-8-22)10-19-21-16(23)20-12-5-3-11(18)4-6-12/h3-6,9-10H,1-2,7-8H2,(H2,20,21,23)/b19-10+. The number of anilines is 2. The Bertz CT molecular complexity index is 739. The number of hydrogen-bond acceptors (Lipinski definition) is 4. The number of hydrazone groups is 1. The average molecular weight is 395 g/mol. The van der Waals surface area contributed by atoms with E-state index in [0.29, 0.717) is 11.4 Å².